The molecule has 1 N–H and O–H groups in total. The molecule has 0 heterocycles. The van der Waals surface area contributed by atoms with Crippen molar-refractivity contribution in [2.24, 2.45) is 5.92 Å². The summed E-state index contributed by atoms with van der Waals surface area (Å²) < 4.78 is 0. The molecule has 4 heteroatoms. The van der Waals surface area contributed by atoms with Gasteiger partial charge in [-0.25, -0.2) is 0 Å². The van der Waals surface area contributed by atoms with Gasteiger partial charge in [-0.3, -0.25) is 10.1 Å². The van der Waals surface area contributed by atoms with E-state index in [1.807, 2.05) is 12.1 Å². The van der Waals surface area contributed by atoms with E-state index in [1.165, 1.54) is 0 Å². The predicted molar refractivity (Wildman–Crippen MR) is 71.7 cm³/mol. The molecule has 1 aliphatic carbocycles. The van der Waals surface area contributed by atoms with Crippen molar-refractivity contribution in [2.75, 3.05) is 6.54 Å². The van der Waals surface area contributed by atoms with E-state index in [2.05, 4.69) is 26.1 Å². The fourth-order valence-corrected chi connectivity index (χ4v) is 2.26. The van der Waals surface area contributed by atoms with Crippen molar-refractivity contribution >= 4 is 5.69 Å². The standard InChI is InChI=1S/C14H20N2O2/c1-14(2,3)15-9-10-8-12(10)11-6-4-5-7-13(11)16(17)18/h4-7,10,12,15H,8-9H2,1-3H3. The largest absolute Gasteiger partial charge is 0.312 e. The van der Waals surface area contributed by atoms with E-state index >= 15 is 0 Å². The van der Waals surface area contributed by atoms with Gasteiger partial charge in [0.25, 0.3) is 5.69 Å². The van der Waals surface area contributed by atoms with Crippen LogP contribution in [-0.2, 0) is 0 Å². The highest BCUT2D eigenvalue weighted by Crippen LogP contribution is 2.49. The maximum atomic E-state index is 11.0. The van der Waals surface area contributed by atoms with Crippen LogP contribution < -0.4 is 5.32 Å². The number of nitro benzene ring substituents is 1. The second kappa shape index (κ2) is 4.69. The molecule has 0 aliphatic heterocycles. The molecule has 1 aliphatic rings. The highest BCUT2D eigenvalue weighted by molar-refractivity contribution is 5.45. The van der Waals surface area contributed by atoms with Gasteiger partial charge in [-0.2, -0.15) is 0 Å². The molecule has 0 amide bonds. The van der Waals surface area contributed by atoms with Crippen LogP contribution in [0.5, 0.6) is 0 Å². The topological polar surface area (TPSA) is 55.2 Å². The molecule has 2 rings (SSSR count). The van der Waals surface area contributed by atoms with Gasteiger partial charge in [0.1, 0.15) is 0 Å². The van der Waals surface area contributed by atoms with E-state index in [-0.39, 0.29) is 16.1 Å². The molecule has 1 aromatic rings. The highest BCUT2D eigenvalue weighted by atomic mass is 16.6. The van der Waals surface area contributed by atoms with Crippen molar-refractivity contribution in [1.82, 2.24) is 5.32 Å². The van der Waals surface area contributed by atoms with Gasteiger partial charge in [0, 0.05) is 17.2 Å². The Hall–Kier alpha value is -1.42. The minimum absolute atomic E-state index is 0.107. The molecule has 1 saturated carbocycles. The molecule has 0 spiro atoms. The first-order chi connectivity index (χ1) is 8.38. The van der Waals surface area contributed by atoms with Crippen molar-refractivity contribution in [3.63, 3.8) is 0 Å². The SMILES string of the molecule is CC(C)(C)NCC1CC1c1ccccc1[N+](=O)[O-]. The minimum atomic E-state index is -0.276. The lowest BCUT2D eigenvalue weighted by Gasteiger charge is -2.20. The smallest absolute Gasteiger partial charge is 0.272 e. The van der Waals surface area contributed by atoms with E-state index in [1.54, 1.807) is 12.1 Å². The molecule has 1 aromatic carbocycles. The van der Waals surface area contributed by atoms with E-state index in [9.17, 15) is 10.1 Å². The molecular weight excluding hydrogens is 228 g/mol. The molecular formula is C14H20N2O2. The molecule has 2 unspecified atom stereocenters. The van der Waals surface area contributed by atoms with Crippen LogP contribution in [0.4, 0.5) is 5.69 Å². The number of nitro groups is 1. The van der Waals surface area contributed by atoms with Crippen molar-refractivity contribution in [3.05, 3.63) is 39.9 Å². The lowest BCUT2D eigenvalue weighted by molar-refractivity contribution is -0.385. The van der Waals surface area contributed by atoms with Crippen molar-refractivity contribution in [1.29, 1.82) is 0 Å². The number of nitrogens with zero attached hydrogens (tertiary/aromatic N) is 1. The van der Waals surface area contributed by atoms with Crippen LogP contribution in [0.3, 0.4) is 0 Å². The summed E-state index contributed by atoms with van der Waals surface area (Å²) in [5.41, 5.74) is 1.26. The summed E-state index contributed by atoms with van der Waals surface area (Å²) in [5.74, 6) is 0.881. The number of para-hydroxylation sites is 1. The molecule has 0 saturated heterocycles. The van der Waals surface area contributed by atoms with Crippen LogP contribution in [0.25, 0.3) is 0 Å². The summed E-state index contributed by atoms with van der Waals surface area (Å²) in [4.78, 5) is 10.7. The normalized spacial score (nSPS) is 22.8. The Kier molecular flexibility index (Phi) is 3.39. The average Bonchev–Trinajstić information content (AvgIpc) is 3.04. The molecule has 0 radical (unpaired) electrons. The van der Waals surface area contributed by atoms with Crippen LogP contribution in [0.2, 0.25) is 0 Å². The Morgan fingerprint density at radius 3 is 2.67 bits per heavy atom. The summed E-state index contributed by atoms with van der Waals surface area (Å²) in [6.45, 7) is 7.33. The maximum Gasteiger partial charge on any atom is 0.272 e. The fraction of sp³-hybridized carbons (Fsp3) is 0.571. The zero-order chi connectivity index (χ0) is 13.3. The summed E-state index contributed by atoms with van der Waals surface area (Å²) in [5, 5.41) is 14.4. The first-order valence-electron chi connectivity index (χ1n) is 6.37. The van der Waals surface area contributed by atoms with E-state index in [4.69, 9.17) is 0 Å². The van der Waals surface area contributed by atoms with Crippen LogP contribution in [0, 0.1) is 16.0 Å². The number of nitrogens with one attached hydrogen (secondary N) is 1. The Bertz CT molecular complexity index is 451. The summed E-state index contributed by atoms with van der Waals surface area (Å²) >= 11 is 0. The quantitative estimate of drug-likeness (QED) is 0.658. The zero-order valence-corrected chi connectivity index (χ0v) is 11.1. The number of hydrogen-bond donors (Lipinski definition) is 1. The van der Waals surface area contributed by atoms with Gasteiger partial charge in [-0.1, -0.05) is 18.2 Å². The fourth-order valence-electron chi connectivity index (χ4n) is 2.26. The van der Waals surface area contributed by atoms with Gasteiger partial charge in [0.2, 0.25) is 0 Å². The molecule has 18 heavy (non-hydrogen) atoms. The van der Waals surface area contributed by atoms with Gasteiger partial charge in [-0.15, -0.1) is 0 Å². The Labute approximate surface area is 108 Å². The third-order valence-electron chi connectivity index (χ3n) is 3.35. The van der Waals surface area contributed by atoms with E-state index in [0.29, 0.717) is 11.8 Å². The van der Waals surface area contributed by atoms with Crippen molar-refractivity contribution in [3.8, 4) is 0 Å². The Balaban J connectivity index is 2.01. The summed E-state index contributed by atoms with van der Waals surface area (Å²) in [7, 11) is 0. The first-order valence-corrected chi connectivity index (χ1v) is 6.37. The predicted octanol–water partition coefficient (Wildman–Crippen LogP) is 3.09. The summed E-state index contributed by atoms with van der Waals surface area (Å²) in [6.07, 6.45) is 1.05. The van der Waals surface area contributed by atoms with Crippen molar-refractivity contribution < 1.29 is 4.92 Å². The first kappa shape index (κ1) is 13.0. The van der Waals surface area contributed by atoms with Gasteiger partial charge in [-0.05, 0) is 45.6 Å². The average molecular weight is 248 g/mol. The van der Waals surface area contributed by atoms with Crippen LogP contribution in [0.1, 0.15) is 38.7 Å². The van der Waals surface area contributed by atoms with Gasteiger partial charge < -0.3 is 5.32 Å². The molecule has 0 aromatic heterocycles. The van der Waals surface area contributed by atoms with Gasteiger partial charge in [0.05, 0.1) is 4.92 Å². The highest BCUT2D eigenvalue weighted by Gasteiger charge is 2.41. The second-order valence-electron chi connectivity index (χ2n) is 6.05. The third-order valence-corrected chi connectivity index (χ3v) is 3.35. The minimum Gasteiger partial charge on any atom is -0.312 e. The van der Waals surface area contributed by atoms with E-state index < -0.39 is 0 Å². The maximum absolute atomic E-state index is 11.0. The Morgan fingerprint density at radius 1 is 1.39 bits per heavy atom. The molecule has 0 bridgehead atoms. The number of benzene rings is 1. The Morgan fingerprint density at radius 2 is 2.06 bits per heavy atom. The molecule has 1 fully saturated rings. The van der Waals surface area contributed by atoms with Crippen LogP contribution in [0.15, 0.2) is 24.3 Å². The zero-order valence-electron chi connectivity index (χ0n) is 11.1. The lowest BCUT2D eigenvalue weighted by atomic mass is 10.1. The summed E-state index contributed by atoms with van der Waals surface area (Å²) in [6, 6.07) is 7.10. The van der Waals surface area contributed by atoms with Gasteiger partial charge in [0.15, 0.2) is 0 Å². The molecule has 4 nitrogen and oxygen atoms in total. The molecule has 2 atom stereocenters. The second-order valence-corrected chi connectivity index (χ2v) is 6.05. The lowest BCUT2D eigenvalue weighted by Crippen LogP contribution is -2.37. The number of rotatable bonds is 4. The molecule has 98 valence electrons. The van der Waals surface area contributed by atoms with Crippen LogP contribution in [-0.4, -0.2) is 17.0 Å². The monoisotopic (exact) mass is 248 g/mol. The third kappa shape index (κ3) is 3.07. The van der Waals surface area contributed by atoms with Crippen molar-refractivity contribution in [2.45, 2.75) is 38.6 Å². The van der Waals surface area contributed by atoms with Gasteiger partial charge >= 0.3 is 0 Å². The number of hydrogen-bond acceptors (Lipinski definition) is 3. The van der Waals surface area contributed by atoms with E-state index in [0.717, 1.165) is 18.5 Å². The van der Waals surface area contributed by atoms with Crippen LogP contribution >= 0.6 is 0 Å².